The highest BCUT2D eigenvalue weighted by Gasteiger charge is 2.43. The fourth-order valence-corrected chi connectivity index (χ4v) is 8.53. The minimum absolute atomic E-state index is 0.0151. The van der Waals surface area contributed by atoms with Gasteiger partial charge in [0.05, 0.1) is 12.7 Å². The first-order chi connectivity index (χ1) is 31.1. The molecule has 0 radical (unpaired) electrons. The first-order valence-electron chi connectivity index (χ1n) is 21.6. The summed E-state index contributed by atoms with van der Waals surface area (Å²) >= 11 is 3.47. The van der Waals surface area contributed by atoms with Crippen LogP contribution in [0.3, 0.4) is 0 Å². The number of hydrogen-bond acceptors (Lipinski definition) is 11. The number of carbonyl (C=O) groups excluding carboxylic acids is 4. The predicted octanol–water partition coefficient (Wildman–Crippen LogP) is 4.35. The Morgan fingerprint density at radius 3 is 1.29 bits per heavy atom. The van der Waals surface area contributed by atoms with Crippen molar-refractivity contribution in [1.82, 2.24) is 19.3 Å². The monoisotopic (exact) mass is 976 g/mol. The van der Waals surface area contributed by atoms with E-state index in [1.165, 1.54) is 41.5 Å². The minimum Gasteiger partial charge on any atom is -0.465 e. The van der Waals surface area contributed by atoms with Crippen LogP contribution in [0.5, 0.6) is 0 Å². The Morgan fingerprint density at radius 1 is 0.561 bits per heavy atom. The van der Waals surface area contributed by atoms with E-state index in [-0.39, 0.29) is 31.7 Å². The van der Waals surface area contributed by atoms with Gasteiger partial charge in [0.25, 0.3) is 0 Å². The molecule has 3 amide bonds. The molecule has 4 aromatic carbocycles. The minimum atomic E-state index is -4.88. The molecule has 14 nitrogen and oxygen atoms in total. The van der Waals surface area contributed by atoms with Gasteiger partial charge in [0.2, 0.25) is 11.8 Å². The molecule has 350 valence electrons. The van der Waals surface area contributed by atoms with Gasteiger partial charge >= 0.3 is 39.2 Å². The third-order valence-electron chi connectivity index (χ3n) is 12.0. The topological polar surface area (TPSA) is 203 Å². The summed E-state index contributed by atoms with van der Waals surface area (Å²) in [5.41, 5.74) is 20.4. The van der Waals surface area contributed by atoms with Crippen LogP contribution in [0.1, 0.15) is 75.6 Å². The number of alkyl halides is 3. The molecule has 21 heteroatoms. The molecular weight excluding hydrogens is 922 g/mol. The number of rotatable bonds is 6. The molecule has 8 rings (SSSR count). The number of esters is 1. The summed E-state index contributed by atoms with van der Waals surface area (Å²) in [6.07, 6.45) is -1.70. The van der Waals surface area contributed by atoms with Crippen LogP contribution in [-0.4, -0.2) is 119 Å². The summed E-state index contributed by atoms with van der Waals surface area (Å²) in [6.45, 7) is 10.0. The van der Waals surface area contributed by atoms with Gasteiger partial charge in [-0.1, -0.05) is 40.2 Å². The van der Waals surface area contributed by atoms with Gasteiger partial charge in [0.15, 0.2) is 0 Å². The molecule has 0 aromatic heterocycles. The normalized spacial score (nSPS) is 15.5. The number of benzene rings is 4. The Morgan fingerprint density at radius 2 is 0.909 bits per heavy atom. The summed E-state index contributed by atoms with van der Waals surface area (Å²) in [5, 5.41) is 28.6. The van der Waals surface area contributed by atoms with Crippen LogP contribution in [0.4, 0.5) is 13.2 Å². The van der Waals surface area contributed by atoms with E-state index in [9.17, 15) is 47.4 Å². The molecule has 0 fully saturated rings. The number of halogens is 4. The summed E-state index contributed by atoms with van der Waals surface area (Å²) in [6, 6.07) is 22.2. The van der Waals surface area contributed by atoms with Crippen LogP contribution in [0.15, 0.2) is 77.3 Å². The van der Waals surface area contributed by atoms with E-state index >= 15 is 0 Å². The molecule has 0 spiro atoms. The largest absolute Gasteiger partial charge is 0.471 e. The van der Waals surface area contributed by atoms with Crippen molar-refractivity contribution in [1.29, 1.82) is 0 Å². The van der Waals surface area contributed by atoms with Crippen LogP contribution < -0.4 is 11.5 Å². The van der Waals surface area contributed by atoms with Crippen LogP contribution in [-0.2, 0) is 61.4 Å². The van der Waals surface area contributed by atoms with Gasteiger partial charge < -0.3 is 50.6 Å². The van der Waals surface area contributed by atoms with Crippen molar-refractivity contribution in [3.05, 3.63) is 138 Å². The molecule has 0 atom stereocenters. The van der Waals surface area contributed by atoms with E-state index in [1.54, 1.807) is 31.8 Å². The predicted molar refractivity (Wildman–Crippen MR) is 251 cm³/mol. The lowest BCUT2D eigenvalue weighted by atomic mass is 9.81. The lowest BCUT2D eigenvalue weighted by Gasteiger charge is -2.29. The summed E-state index contributed by atoms with van der Waals surface area (Å²) < 4.78 is 42.9. The molecule has 4 aromatic rings. The zero-order valence-corrected chi connectivity index (χ0v) is 39.1. The second kappa shape index (κ2) is 23.1. The first kappa shape index (κ1) is 52.0. The molecule has 66 heavy (non-hydrogen) atoms. The molecule has 0 bridgehead atoms. The van der Waals surface area contributed by atoms with Gasteiger partial charge in [0, 0.05) is 48.3 Å². The maximum Gasteiger partial charge on any atom is 0.471 e. The highest BCUT2D eigenvalue weighted by atomic mass is 79.9. The SMILES string of the molecule is CB(O)N1CCc2ccc(Br)cc2C1.CB(O)N1CCc2ccc(C(N)=O)cc2C1.COC(=O)c1ccc2c(c1)CN(B(C)O)CC2.NC(=O)c1ccc2c(c1)CN(C(=O)C(F)(F)F)CC2. The van der Waals surface area contributed by atoms with Crippen molar-refractivity contribution in [2.24, 2.45) is 11.5 Å². The third kappa shape index (κ3) is 14.0. The molecular formula is C45H55B3BrF3N6O8. The summed E-state index contributed by atoms with van der Waals surface area (Å²) in [7, 11) is 0.126. The smallest absolute Gasteiger partial charge is 0.465 e. The maximum atomic E-state index is 12.4. The zero-order valence-electron chi connectivity index (χ0n) is 37.5. The number of fused-ring (bicyclic) bond motifs is 4. The van der Waals surface area contributed by atoms with Crippen molar-refractivity contribution < 1.29 is 52.2 Å². The molecule has 0 unspecified atom stereocenters. The fourth-order valence-electron chi connectivity index (χ4n) is 8.12. The summed E-state index contributed by atoms with van der Waals surface area (Å²) in [4.78, 5) is 51.4. The molecule has 4 aliphatic rings. The van der Waals surface area contributed by atoms with Gasteiger partial charge in [-0.2, -0.15) is 13.2 Å². The van der Waals surface area contributed by atoms with Crippen LogP contribution in [0.2, 0.25) is 20.5 Å². The number of methoxy groups -OCH3 is 1. The van der Waals surface area contributed by atoms with E-state index < -0.39 is 38.0 Å². The Hall–Kier alpha value is -5.02. The molecule has 4 aliphatic heterocycles. The lowest BCUT2D eigenvalue weighted by Crippen LogP contribution is -2.43. The average molecular weight is 977 g/mol. The quantitative estimate of drug-likeness (QED) is 0.136. The Labute approximate surface area is 392 Å². The zero-order chi connectivity index (χ0) is 48.5. The Balaban J connectivity index is 0.000000166. The first-order valence-corrected chi connectivity index (χ1v) is 22.4. The van der Waals surface area contributed by atoms with E-state index in [0.29, 0.717) is 36.2 Å². The fraction of sp³-hybridized carbons (Fsp3) is 0.378. The number of primary amides is 2. The van der Waals surface area contributed by atoms with E-state index in [4.69, 9.17) is 16.2 Å². The summed E-state index contributed by atoms with van der Waals surface area (Å²) in [5.74, 6) is -3.23. The number of ether oxygens (including phenoxy) is 1. The average Bonchev–Trinajstić information content (AvgIpc) is 3.29. The van der Waals surface area contributed by atoms with Gasteiger partial charge in [-0.3, -0.25) is 14.4 Å². The van der Waals surface area contributed by atoms with Crippen LogP contribution >= 0.6 is 15.9 Å². The second-order valence-corrected chi connectivity index (χ2v) is 17.5. The van der Waals surface area contributed by atoms with Crippen molar-refractivity contribution in [2.45, 2.75) is 78.5 Å². The molecule has 0 aliphatic carbocycles. The van der Waals surface area contributed by atoms with Crippen LogP contribution in [0, 0.1) is 0 Å². The maximum absolute atomic E-state index is 12.4. The third-order valence-corrected chi connectivity index (χ3v) is 12.5. The highest BCUT2D eigenvalue weighted by molar-refractivity contribution is 9.10. The molecule has 0 saturated heterocycles. The van der Waals surface area contributed by atoms with Gasteiger partial charge in [0.1, 0.15) is 0 Å². The highest BCUT2D eigenvalue weighted by Crippen LogP contribution is 2.27. The Kier molecular flexibility index (Phi) is 18.2. The van der Waals surface area contributed by atoms with Gasteiger partial charge in [-0.15, -0.1) is 0 Å². The number of carbonyl (C=O) groups is 4. The van der Waals surface area contributed by atoms with E-state index in [2.05, 4.69) is 38.9 Å². The van der Waals surface area contributed by atoms with Crippen molar-refractivity contribution >= 4 is 60.8 Å². The van der Waals surface area contributed by atoms with Crippen molar-refractivity contribution in [3.8, 4) is 0 Å². The second-order valence-electron chi connectivity index (χ2n) is 16.6. The molecule has 7 N–H and O–H groups in total. The number of nitrogens with two attached hydrogens (primary N) is 2. The van der Waals surface area contributed by atoms with Gasteiger partial charge in [-0.25, -0.2) is 4.79 Å². The van der Waals surface area contributed by atoms with Crippen molar-refractivity contribution in [2.75, 3.05) is 33.3 Å². The lowest BCUT2D eigenvalue weighted by molar-refractivity contribution is -0.186. The van der Waals surface area contributed by atoms with E-state index in [1.807, 2.05) is 40.7 Å². The van der Waals surface area contributed by atoms with Crippen molar-refractivity contribution in [3.63, 3.8) is 0 Å². The Bertz CT molecular complexity index is 2400. The molecule has 0 saturated carbocycles. The number of amides is 3. The number of hydrogen-bond donors (Lipinski definition) is 5. The molecule has 4 heterocycles. The van der Waals surface area contributed by atoms with E-state index in [0.717, 1.165) is 71.5 Å². The standard InChI is InChI=1S/C12H16BNO3.C12H11F3N2O2.C11H15BN2O2.C10H13BBrNO/c1-13(16)14-6-5-9-3-4-10(12(15)17-2)7-11(9)8-14;13-12(14,15)11(19)17-4-3-7-1-2-8(10(16)18)5-9(7)6-17;1-12(16)14-5-4-8-2-3-9(11(13)15)6-10(8)7-14;1-11(14)13-5-4-8-2-3-10(12)6-9(8)7-13/h3-4,7,16H,5-6,8H2,1-2H3;1-2,5H,3-4,6H2,(H2,16,18);2-3,6,16H,4-5,7H2,1H3,(H2,13,15);2-3,6,14H,4-5,7H2,1H3. The van der Waals surface area contributed by atoms with Gasteiger partial charge in [-0.05, 0) is 159 Å². The van der Waals surface area contributed by atoms with Crippen LogP contribution in [0.25, 0.3) is 0 Å². The number of nitrogens with zero attached hydrogens (tertiary/aromatic N) is 4.